The molecule has 0 fully saturated rings. The van der Waals surface area contributed by atoms with Crippen LogP contribution < -0.4 is 10.9 Å². The zero-order chi connectivity index (χ0) is 22.8. The Hall–Kier alpha value is -3.63. The molecule has 0 saturated carbocycles. The number of carbonyl (C=O) groups is 2. The van der Waals surface area contributed by atoms with Crippen LogP contribution in [0.4, 0.5) is 0 Å². The smallest absolute Gasteiger partial charge is 0.269 e. The number of hydrogen-bond acceptors (Lipinski definition) is 7. The van der Waals surface area contributed by atoms with Crippen LogP contribution in [-0.4, -0.2) is 57.9 Å². The van der Waals surface area contributed by atoms with Crippen LogP contribution in [-0.2, 0) is 20.8 Å². The van der Waals surface area contributed by atoms with Gasteiger partial charge in [-0.25, -0.2) is 0 Å². The number of tetrazole rings is 1. The van der Waals surface area contributed by atoms with Crippen molar-refractivity contribution in [1.82, 2.24) is 31.1 Å². The molecule has 2 amide bonds. The maximum absolute atomic E-state index is 12.3. The number of hydrogen-bond donors (Lipinski definition) is 2. The summed E-state index contributed by atoms with van der Waals surface area (Å²) in [4.78, 5) is 25.8. The molecule has 10 nitrogen and oxygen atoms in total. The van der Waals surface area contributed by atoms with Crippen molar-refractivity contribution in [3.8, 4) is 11.4 Å². The molecule has 1 aromatic heterocycles. The van der Waals surface area contributed by atoms with E-state index in [2.05, 4.69) is 26.3 Å². The number of rotatable bonds is 10. The van der Waals surface area contributed by atoms with Crippen LogP contribution in [0.25, 0.3) is 11.4 Å². The molecule has 0 spiro atoms. The first kappa shape index (κ1) is 23.0. The molecule has 1 unspecified atom stereocenters. The van der Waals surface area contributed by atoms with Crippen LogP contribution >= 0.6 is 0 Å². The minimum absolute atomic E-state index is 0.297. The Balaban J connectivity index is 1.47. The molecule has 0 saturated heterocycles. The van der Waals surface area contributed by atoms with Gasteiger partial charge in [-0.15, -0.1) is 10.2 Å². The summed E-state index contributed by atoms with van der Waals surface area (Å²) < 4.78 is 10.5. The van der Waals surface area contributed by atoms with E-state index in [9.17, 15) is 9.59 Å². The first-order valence-corrected chi connectivity index (χ1v) is 10.3. The Morgan fingerprint density at radius 2 is 1.78 bits per heavy atom. The van der Waals surface area contributed by atoms with Crippen molar-refractivity contribution in [1.29, 1.82) is 0 Å². The van der Waals surface area contributed by atoms with Crippen molar-refractivity contribution < 1.29 is 19.1 Å². The zero-order valence-corrected chi connectivity index (χ0v) is 18.0. The molecule has 0 aliphatic carbocycles. The molecular weight excluding hydrogens is 412 g/mol. The molecule has 3 aromatic rings. The van der Waals surface area contributed by atoms with Gasteiger partial charge in [0.15, 0.2) is 0 Å². The lowest BCUT2D eigenvalue weighted by Gasteiger charge is -2.14. The Bertz CT molecular complexity index is 1010. The maximum atomic E-state index is 12.3. The molecule has 2 aromatic carbocycles. The largest absolute Gasteiger partial charge is 0.379 e. The van der Waals surface area contributed by atoms with E-state index in [1.54, 1.807) is 31.2 Å². The van der Waals surface area contributed by atoms with E-state index in [1.165, 1.54) is 4.80 Å². The first-order chi connectivity index (χ1) is 15.6. The summed E-state index contributed by atoms with van der Waals surface area (Å²) >= 11 is 0. The second-order valence-corrected chi connectivity index (χ2v) is 6.86. The number of nitrogens with one attached hydrogen (secondary N) is 2. The van der Waals surface area contributed by atoms with Crippen molar-refractivity contribution in [3.05, 3.63) is 65.7 Å². The minimum Gasteiger partial charge on any atom is -0.379 e. The molecule has 1 atom stereocenters. The molecule has 3 rings (SSSR count). The van der Waals surface area contributed by atoms with Crippen molar-refractivity contribution in [2.45, 2.75) is 26.5 Å². The highest BCUT2D eigenvalue weighted by atomic mass is 16.5. The van der Waals surface area contributed by atoms with Crippen molar-refractivity contribution >= 4 is 11.8 Å². The molecule has 0 aliphatic rings. The predicted octanol–water partition coefficient (Wildman–Crippen LogP) is 1.59. The fourth-order valence-electron chi connectivity index (χ4n) is 2.73. The van der Waals surface area contributed by atoms with Gasteiger partial charge in [0.2, 0.25) is 5.82 Å². The number of nitrogens with zero attached hydrogens (tertiary/aromatic N) is 4. The average molecular weight is 438 g/mol. The van der Waals surface area contributed by atoms with Crippen LogP contribution in [0.5, 0.6) is 0 Å². The van der Waals surface area contributed by atoms with Gasteiger partial charge in [0.1, 0.15) is 6.10 Å². The number of hydrazine groups is 1. The maximum Gasteiger partial charge on any atom is 0.269 e. The molecule has 1 heterocycles. The van der Waals surface area contributed by atoms with Gasteiger partial charge in [0.25, 0.3) is 11.8 Å². The van der Waals surface area contributed by atoms with E-state index in [4.69, 9.17) is 9.47 Å². The third kappa shape index (κ3) is 6.69. The second kappa shape index (κ2) is 11.7. The standard InChI is InChI=1S/C22H26N6O4/c1-3-31-13-14-32-16(2)21(29)24-25-22(30)19-11-9-17(10-12-19)15-28-26-20(23-27-28)18-7-5-4-6-8-18/h4-12,16H,3,13-15H2,1-2H3,(H,24,29)(H,25,30). The van der Waals surface area contributed by atoms with Crippen molar-refractivity contribution in [2.24, 2.45) is 0 Å². The molecule has 0 aliphatic heterocycles. The summed E-state index contributed by atoms with van der Waals surface area (Å²) in [5, 5.41) is 12.5. The van der Waals surface area contributed by atoms with E-state index in [-0.39, 0.29) is 0 Å². The summed E-state index contributed by atoms with van der Waals surface area (Å²) in [7, 11) is 0. The zero-order valence-electron chi connectivity index (χ0n) is 18.0. The van der Waals surface area contributed by atoms with Gasteiger partial charge in [0.05, 0.1) is 19.8 Å². The topological polar surface area (TPSA) is 120 Å². The highest BCUT2D eigenvalue weighted by Crippen LogP contribution is 2.12. The van der Waals surface area contributed by atoms with Crippen molar-refractivity contribution in [2.75, 3.05) is 19.8 Å². The molecule has 32 heavy (non-hydrogen) atoms. The lowest BCUT2D eigenvalue weighted by Crippen LogP contribution is -2.46. The van der Waals surface area contributed by atoms with Crippen LogP contribution in [0.2, 0.25) is 0 Å². The van der Waals surface area contributed by atoms with Gasteiger partial charge in [-0.2, -0.15) is 4.80 Å². The third-order valence-corrected chi connectivity index (χ3v) is 4.49. The minimum atomic E-state index is -0.714. The first-order valence-electron chi connectivity index (χ1n) is 10.3. The Morgan fingerprint density at radius 3 is 2.50 bits per heavy atom. The number of amides is 2. The summed E-state index contributed by atoms with van der Waals surface area (Å²) in [5.74, 6) is -0.331. The molecule has 168 valence electrons. The summed E-state index contributed by atoms with van der Waals surface area (Å²) in [6.45, 7) is 5.18. The second-order valence-electron chi connectivity index (χ2n) is 6.86. The van der Waals surface area contributed by atoms with Gasteiger partial charge >= 0.3 is 0 Å². The third-order valence-electron chi connectivity index (χ3n) is 4.49. The Morgan fingerprint density at radius 1 is 1.03 bits per heavy atom. The average Bonchev–Trinajstić information content (AvgIpc) is 3.29. The van der Waals surface area contributed by atoms with E-state index in [1.807, 2.05) is 37.3 Å². The van der Waals surface area contributed by atoms with E-state index < -0.39 is 17.9 Å². The van der Waals surface area contributed by atoms with Crippen LogP contribution in [0.15, 0.2) is 54.6 Å². The normalized spacial score (nSPS) is 11.7. The Labute approximate surface area is 185 Å². The van der Waals surface area contributed by atoms with Crippen LogP contribution in [0.3, 0.4) is 0 Å². The fraction of sp³-hybridized carbons (Fsp3) is 0.318. The van der Waals surface area contributed by atoms with Crippen LogP contribution in [0.1, 0.15) is 29.8 Å². The summed E-state index contributed by atoms with van der Waals surface area (Å²) in [6, 6.07) is 16.5. The summed E-state index contributed by atoms with van der Waals surface area (Å²) in [6.07, 6.45) is -0.714. The van der Waals surface area contributed by atoms with Gasteiger partial charge < -0.3 is 9.47 Å². The van der Waals surface area contributed by atoms with Gasteiger partial charge in [-0.1, -0.05) is 42.5 Å². The molecular formula is C22H26N6O4. The highest BCUT2D eigenvalue weighted by molar-refractivity contribution is 5.95. The molecule has 0 radical (unpaired) electrons. The molecule has 2 N–H and O–H groups in total. The monoisotopic (exact) mass is 438 g/mol. The van der Waals surface area contributed by atoms with Gasteiger partial charge in [0, 0.05) is 17.7 Å². The number of ether oxygens (including phenoxy) is 2. The summed E-state index contributed by atoms with van der Waals surface area (Å²) in [5.41, 5.74) is 6.93. The van der Waals surface area contributed by atoms with E-state index >= 15 is 0 Å². The Kier molecular flexibility index (Phi) is 8.41. The fourth-order valence-corrected chi connectivity index (χ4v) is 2.73. The van der Waals surface area contributed by atoms with Crippen molar-refractivity contribution in [3.63, 3.8) is 0 Å². The lowest BCUT2D eigenvalue weighted by atomic mass is 10.1. The number of carbonyl (C=O) groups excluding carboxylic acids is 2. The van der Waals surface area contributed by atoms with Gasteiger partial charge in [-0.3, -0.25) is 20.4 Å². The predicted molar refractivity (Wildman–Crippen MR) is 116 cm³/mol. The highest BCUT2D eigenvalue weighted by Gasteiger charge is 2.14. The van der Waals surface area contributed by atoms with E-state index in [0.717, 1.165) is 11.1 Å². The quantitative estimate of drug-likeness (QED) is 0.364. The van der Waals surface area contributed by atoms with E-state index in [0.29, 0.717) is 37.8 Å². The SMILES string of the molecule is CCOCCOC(C)C(=O)NNC(=O)c1ccc(Cn2nnc(-c3ccccc3)n2)cc1. The molecule has 10 heteroatoms. The molecule has 0 bridgehead atoms. The number of benzene rings is 2. The lowest BCUT2D eigenvalue weighted by molar-refractivity contribution is -0.133. The van der Waals surface area contributed by atoms with Crippen LogP contribution in [0, 0.1) is 0 Å². The number of aromatic nitrogens is 4. The van der Waals surface area contributed by atoms with Gasteiger partial charge in [-0.05, 0) is 36.8 Å².